The molecule has 2 saturated carbocycles. The van der Waals surface area contributed by atoms with Gasteiger partial charge in [0, 0.05) is 6.61 Å². The van der Waals surface area contributed by atoms with Crippen LogP contribution in [0.5, 0.6) is 0 Å². The van der Waals surface area contributed by atoms with Crippen molar-refractivity contribution in [2.45, 2.75) is 65.4 Å². The van der Waals surface area contributed by atoms with Crippen molar-refractivity contribution in [2.75, 3.05) is 6.61 Å². The maximum absolute atomic E-state index is 10.7. The zero-order valence-corrected chi connectivity index (χ0v) is 12.4. The van der Waals surface area contributed by atoms with E-state index in [0.29, 0.717) is 17.3 Å². The first kappa shape index (κ1) is 14.3. The molecule has 0 spiro atoms. The Morgan fingerprint density at radius 3 is 2.39 bits per heavy atom. The van der Waals surface area contributed by atoms with Gasteiger partial charge >= 0.3 is 0 Å². The van der Waals surface area contributed by atoms with Gasteiger partial charge in [0.1, 0.15) is 0 Å². The van der Waals surface area contributed by atoms with Gasteiger partial charge in [0.15, 0.2) is 0 Å². The third-order valence-corrected chi connectivity index (χ3v) is 6.03. The van der Waals surface area contributed by atoms with E-state index in [0.717, 1.165) is 25.2 Å². The summed E-state index contributed by atoms with van der Waals surface area (Å²) >= 11 is 0. The maximum atomic E-state index is 10.7. The van der Waals surface area contributed by atoms with E-state index >= 15 is 0 Å². The van der Waals surface area contributed by atoms with Crippen LogP contribution in [0.1, 0.15) is 59.8 Å². The van der Waals surface area contributed by atoms with E-state index in [4.69, 9.17) is 0 Å². The standard InChI is InChI=1S/C16H30O2/c1-11-5-8-15(2,3)12-6-9-16(4,18)13(7-10-17)14(11)12/h11-14,17-18H,5-10H2,1-4H3/t11-,12?,13?,14?,16?/m0/s1. The maximum Gasteiger partial charge on any atom is 0.0651 e. The first-order chi connectivity index (χ1) is 8.29. The van der Waals surface area contributed by atoms with Crippen LogP contribution in [0.3, 0.4) is 0 Å². The Morgan fingerprint density at radius 1 is 1.11 bits per heavy atom. The van der Waals surface area contributed by atoms with Gasteiger partial charge in [-0.3, -0.25) is 0 Å². The molecule has 0 saturated heterocycles. The van der Waals surface area contributed by atoms with Crippen LogP contribution in [0, 0.1) is 29.1 Å². The monoisotopic (exact) mass is 254 g/mol. The third kappa shape index (κ3) is 2.34. The quantitative estimate of drug-likeness (QED) is 0.794. The van der Waals surface area contributed by atoms with Crippen molar-refractivity contribution < 1.29 is 10.2 Å². The highest BCUT2D eigenvalue weighted by atomic mass is 16.3. The van der Waals surface area contributed by atoms with E-state index in [1.165, 1.54) is 12.8 Å². The van der Waals surface area contributed by atoms with Crippen molar-refractivity contribution >= 4 is 0 Å². The van der Waals surface area contributed by atoms with Crippen LogP contribution < -0.4 is 0 Å². The normalized spacial score (nSPS) is 47.7. The largest absolute Gasteiger partial charge is 0.396 e. The molecule has 0 aromatic carbocycles. The molecule has 0 radical (unpaired) electrons. The molecule has 2 N–H and O–H groups in total. The molecular formula is C16H30O2. The molecule has 2 rings (SSSR count). The summed E-state index contributed by atoms with van der Waals surface area (Å²) in [5.41, 5.74) is -0.174. The summed E-state index contributed by atoms with van der Waals surface area (Å²) in [6.07, 6.45) is 5.38. The van der Waals surface area contributed by atoms with Crippen molar-refractivity contribution in [1.82, 2.24) is 0 Å². The highest BCUT2D eigenvalue weighted by molar-refractivity contribution is 5.02. The Balaban J connectivity index is 2.29. The van der Waals surface area contributed by atoms with Gasteiger partial charge in [-0.05, 0) is 68.1 Å². The fourth-order valence-corrected chi connectivity index (χ4v) is 4.85. The number of rotatable bonds is 2. The molecule has 4 unspecified atom stereocenters. The lowest BCUT2D eigenvalue weighted by Gasteiger charge is -2.57. The highest BCUT2D eigenvalue weighted by Gasteiger charge is 2.52. The summed E-state index contributed by atoms with van der Waals surface area (Å²) < 4.78 is 0. The number of fused-ring (bicyclic) bond motifs is 1. The van der Waals surface area contributed by atoms with Gasteiger partial charge in [-0.25, -0.2) is 0 Å². The molecule has 0 bridgehead atoms. The fraction of sp³-hybridized carbons (Fsp3) is 1.00. The molecule has 2 heteroatoms. The average molecular weight is 254 g/mol. The topological polar surface area (TPSA) is 40.5 Å². The minimum absolute atomic E-state index is 0.206. The van der Waals surface area contributed by atoms with Crippen LogP contribution >= 0.6 is 0 Å². The van der Waals surface area contributed by atoms with Crippen molar-refractivity contribution in [3.8, 4) is 0 Å². The lowest BCUT2D eigenvalue weighted by atomic mass is 9.50. The number of aliphatic hydroxyl groups excluding tert-OH is 1. The summed E-state index contributed by atoms with van der Waals surface area (Å²) in [5, 5.41) is 20.0. The van der Waals surface area contributed by atoms with Crippen LogP contribution in [-0.4, -0.2) is 22.4 Å². The molecule has 0 heterocycles. The molecule has 2 aliphatic carbocycles. The van der Waals surface area contributed by atoms with E-state index in [9.17, 15) is 10.2 Å². The minimum atomic E-state index is -0.578. The fourth-order valence-electron chi connectivity index (χ4n) is 4.85. The molecule has 2 nitrogen and oxygen atoms in total. The summed E-state index contributed by atoms with van der Waals surface area (Å²) in [5.74, 6) is 2.27. The van der Waals surface area contributed by atoms with Crippen molar-refractivity contribution in [3.05, 3.63) is 0 Å². The van der Waals surface area contributed by atoms with Crippen LogP contribution in [-0.2, 0) is 0 Å². The van der Waals surface area contributed by atoms with Gasteiger partial charge in [0.2, 0.25) is 0 Å². The van der Waals surface area contributed by atoms with E-state index in [-0.39, 0.29) is 12.5 Å². The summed E-state index contributed by atoms with van der Waals surface area (Å²) in [4.78, 5) is 0. The zero-order chi connectivity index (χ0) is 13.6. The zero-order valence-electron chi connectivity index (χ0n) is 12.4. The van der Waals surface area contributed by atoms with Crippen LogP contribution in [0.4, 0.5) is 0 Å². The molecule has 106 valence electrons. The van der Waals surface area contributed by atoms with Crippen LogP contribution in [0.15, 0.2) is 0 Å². The Labute approximate surface area is 112 Å². The highest BCUT2D eigenvalue weighted by Crippen LogP contribution is 2.57. The SMILES string of the molecule is C[C@H]1CCC(C)(C)C2CCC(C)(O)C(CCO)C21. The molecule has 0 aromatic heterocycles. The number of hydrogen-bond acceptors (Lipinski definition) is 2. The van der Waals surface area contributed by atoms with Crippen molar-refractivity contribution in [1.29, 1.82) is 0 Å². The van der Waals surface area contributed by atoms with Gasteiger partial charge < -0.3 is 10.2 Å². The van der Waals surface area contributed by atoms with E-state index in [2.05, 4.69) is 20.8 Å². The predicted octanol–water partition coefficient (Wildman–Crippen LogP) is 3.22. The second-order valence-electron chi connectivity index (χ2n) is 7.70. The lowest BCUT2D eigenvalue weighted by Crippen LogP contribution is -2.54. The Morgan fingerprint density at radius 2 is 1.78 bits per heavy atom. The Bertz CT molecular complexity index is 295. The molecule has 2 fully saturated rings. The van der Waals surface area contributed by atoms with Gasteiger partial charge in [0.25, 0.3) is 0 Å². The Hall–Kier alpha value is -0.0800. The van der Waals surface area contributed by atoms with Crippen LogP contribution in [0.2, 0.25) is 0 Å². The molecule has 0 aliphatic heterocycles. The second kappa shape index (κ2) is 4.79. The van der Waals surface area contributed by atoms with Gasteiger partial charge in [-0.2, -0.15) is 0 Å². The van der Waals surface area contributed by atoms with Gasteiger partial charge in [0.05, 0.1) is 5.60 Å². The number of hydrogen-bond donors (Lipinski definition) is 2. The van der Waals surface area contributed by atoms with Crippen molar-refractivity contribution in [3.63, 3.8) is 0 Å². The van der Waals surface area contributed by atoms with Gasteiger partial charge in [-0.15, -0.1) is 0 Å². The Kier molecular flexibility index (Phi) is 3.81. The summed E-state index contributed by atoms with van der Waals surface area (Å²) in [7, 11) is 0. The average Bonchev–Trinajstić information content (AvgIpc) is 2.27. The number of aliphatic hydroxyl groups is 2. The molecule has 18 heavy (non-hydrogen) atoms. The molecule has 2 aliphatic rings. The minimum Gasteiger partial charge on any atom is -0.396 e. The van der Waals surface area contributed by atoms with E-state index < -0.39 is 5.60 Å². The molecule has 0 aromatic rings. The third-order valence-electron chi connectivity index (χ3n) is 6.03. The smallest absolute Gasteiger partial charge is 0.0651 e. The summed E-state index contributed by atoms with van der Waals surface area (Å²) in [6, 6.07) is 0. The van der Waals surface area contributed by atoms with E-state index in [1.807, 2.05) is 6.92 Å². The molecule has 5 atom stereocenters. The first-order valence-corrected chi connectivity index (χ1v) is 7.63. The van der Waals surface area contributed by atoms with Crippen LogP contribution in [0.25, 0.3) is 0 Å². The van der Waals surface area contributed by atoms with Gasteiger partial charge in [-0.1, -0.05) is 20.8 Å². The molecule has 0 amide bonds. The predicted molar refractivity (Wildman–Crippen MR) is 74.2 cm³/mol. The van der Waals surface area contributed by atoms with Crippen molar-refractivity contribution in [2.24, 2.45) is 29.1 Å². The van der Waals surface area contributed by atoms with E-state index in [1.54, 1.807) is 0 Å². The second-order valence-corrected chi connectivity index (χ2v) is 7.70. The molecular weight excluding hydrogens is 224 g/mol. The summed E-state index contributed by atoms with van der Waals surface area (Å²) in [6.45, 7) is 9.33. The lowest BCUT2D eigenvalue weighted by molar-refractivity contribution is -0.140. The first-order valence-electron chi connectivity index (χ1n) is 7.63.